The van der Waals surface area contributed by atoms with Gasteiger partial charge in [-0.3, -0.25) is 4.79 Å². The van der Waals surface area contributed by atoms with E-state index in [0.29, 0.717) is 0 Å². The van der Waals surface area contributed by atoms with E-state index in [2.05, 4.69) is 5.32 Å². The van der Waals surface area contributed by atoms with Crippen molar-refractivity contribution in [3.8, 4) is 24.7 Å². The van der Waals surface area contributed by atoms with E-state index in [0.717, 1.165) is 0 Å². The Kier molecular flexibility index (Phi) is 19.6. The third-order valence-corrected chi connectivity index (χ3v) is 10.6. The lowest BCUT2D eigenvalue weighted by Gasteiger charge is -2.39. The minimum Gasteiger partial charge on any atom is -0.366 e. The predicted octanol–water partition coefficient (Wildman–Crippen LogP) is 11.0. The summed E-state index contributed by atoms with van der Waals surface area (Å²) in [6.45, 7) is -0.437. The smallest absolute Gasteiger partial charge is 0.366 e. The topological polar surface area (TPSA) is 47.6 Å². The number of nitrogens with one attached hydrogen (secondary N) is 1. The van der Waals surface area contributed by atoms with Gasteiger partial charge in [0, 0.05) is 30.3 Å². The van der Waals surface area contributed by atoms with Crippen LogP contribution in [0.2, 0.25) is 0 Å². The van der Waals surface area contributed by atoms with Gasteiger partial charge in [-0.2, -0.15) is 138 Å². The number of thioether (sulfide) groups is 2. The zero-order valence-corrected chi connectivity index (χ0v) is 32.5. The Hall–Kier alpha value is -2.61. The first-order valence-corrected chi connectivity index (χ1v) is 18.4. The maximum atomic E-state index is 14.4. The summed E-state index contributed by atoms with van der Waals surface area (Å²) < 4.78 is 360. The minimum absolute atomic E-state index is 0.248. The molecule has 1 amide bonds. The van der Waals surface area contributed by atoms with Gasteiger partial charge in [0.15, 0.2) is 0 Å². The van der Waals surface area contributed by atoms with Gasteiger partial charge in [0.2, 0.25) is 5.91 Å². The second kappa shape index (κ2) is 20.5. The van der Waals surface area contributed by atoms with Crippen molar-refractivity contribution in [3.63, 3.8) is 0 Å². The first-order valence-electron chi connectivity index (χ1n) is 16.2. The number of hydrogen-bond donors (Lipinski definition) is 1. The van der Waals surface area contributed by atoms with Crippen molar-refractivity contribution in [2.75, 3.05) is 43.7 Å². The highest BCUT2D eigenvalue weighted by atomic mass is 32.2. The van der Waals surface area contributed by atoms with E-state index in [4.69, 9.17) is 22.3 Å². The van der Waals surface area contributed by atoms with Crippen LogP contribution >= 0.6 is 23.5 Å². The number of carbonyl (C=O) groups is 1. The number of alkyl halides is 26. The summed E-state index contributed by atoms with van der Waals surface area (Å²) in [7, 11) is 0. The molecule has 0 radical (unpaired) electrons. The van der Waals surface area contributed by atoms with Gasteiger partial charge in [-0.25, -0.2) is 0 Å². The highest BCUT2D eigenvalue weighted by Crippen LogP contribution is 2.62. The average Bonchev–Trinajstić information content (AvgIpc) is 3.10. The fourth-order valence-electron chi connectivity index (χ4n) is 4.38. The van der Waals surface area contributed by atoms with E-state index in [1.54, 1.807) is 0 Å². The van der Waals surface area contributed by atoms with Crippen LogP contribution in [0.15, 0.2) is 0 Å². The SMILES string of the molecule is C#CCOCC(C)(COCC#C)NC(=O)CCC(CSCCC(F)(F)C(F)(F)C(F)(F)C(F)(F)C(F)(F)C(F)(F)F)SCCC(F)(F)C(F)(F)C(F)(F)C(F)(F)C(F)(F)C(F)(F)F. The Morgan fingerprint density at radius 1 is 0.540 bits per heavy atom. The molecule has 63 heavy (non-hydrogen) atoms. The van der Waals surface area contributed by atoms with E-state index in [1.165, 1.54) is 6.92 Å². The molecule has 0 spiro atoms. The number of carbonyl (C=O) groups excluding carboxylic acids is 1. The standard InChI is InChI=1S/C31H29F26NO3S2/c1-4-10-60-15-19(3,16-61-11-5-2)58-18(59)7-6-17(63-13-9-21(34,35)23(38,39)25(42,43)27(46,47)29(50,51)31(55,56)57)14-62-12-8-20(32,33)22(36,37)24(40,41)26(44,45)28(48,49)30(52,53)54/h1-2,17H,6-16H2,3H3,(H,58,59). The molecule has 0 saturated heterocycles. The van der Waals surface area contributed by atoms with Crippen LogP contribution in [0.3, 0.4) is 0 Å². The molecule has 0 aromatic rings. The molecule has 1 unspecified atom stereocenters. The number of hydrogen-bond acceptors (Lipinski definition) is 5. The number of terminal acetylenes is 2. The van der Waals surface area contributed by atoms with Crippen LogP contribution in [0.5, 0.6) is 0 Å². The number of amides is 1. The monoisotopic (exact) mass is 1020 g/mol. The predicted molar refractivity (Wildman–Crippen MR) is 169 cm³/mol. The van der Waals surface area contributed by atoms with Crippen molar-refractivity contribution in [1.82, 2.24) is 5.32 Å². The van der Waals surface area contributed by atoms with E-state index in [1.807, 2.05) is 11.8 Å². The summed E-state index contributed by atoms with van der Waals surface area (Å²) in [6, 6.07) is 0. The lowest BCUT2D eigenvalue weighted by molar-refractivity contribution is -0.439. The summed E-state index contributed by atoms with van der Waals surface area (Å²) in [5.74, 6) is -79.3. The molecule has 370 valence electrons. The summed E-state index contributed by atoms with van der Waals surface area (Å²) >= 11 is -0.499. The first kappa shape index (κ1) is 60.4. The largest absolute Gasteiger partial charge is 0.460 e. The van der Waals surface area contributed by atoms with Gasteiger partial charge in [0.25, 0.3) is 0 Å². The third kappa shape index (κ3) is 12.6. The molecule has 0 saturated carbocycles. The van der Waals surface area contributed by atoms with Crippen LogP contribution in [-0.4, -0.2) is 132 Å². The Balaban J connectivity index is 6.49. The van der Waals surface area contributed by atoms with Gasteiger partial charge in [0.1, 0.15) is 13.2 Å². The zero-order valence-electron chi connectivity index (χ0n) is 30.9. The van der Waals surface area contributed by atoms with Gasteiger partial charge in [-0.05, 0) is 24.9 Å². The molecule has 0 aromatic carbocycles. The maximum Gasteiger partial charge on any atom is 0.460 e. The van der Waals surface area contributed by atoms with Crippen LogP contribution in [0.1, 0.15) is 32.6 Å². The molecule has 0 aliphatic heterocycles. The molecule has 0 aliphatic rings. The van der Waals surface area contributed by atoms with Crippen LogP contribution in [0.4, 0.5) is 114 Å². The van der Waals surface area contributed by atoms with Crippen LogP contribution < -0.4 is 5.32 Å². The molecule has 0 bridgehead atoms. The highest BCUT2D eigenvalue weighted by Gasteiger charge is 2.92. The summed E-state index contributed by atoms with van der Waals surface area (Å²) in [5, 5.41) is 0.505. The Morgan fingerprint density at radius 2 is 0.873 bits per heavy atom. The molecule has 0 aliphatic carbocycles. The molecule has 32 heteroatoms. The second-order valence-corrected chi connectivity index (χ2v) is 15.7. The Labute approximate surface area is 346 Å². The molecule has 0 heterocycles. The zero-order chi connectivity index (χ0) is 50.4. The van der Waals surface area contributed by atoms with Crippen LogP contribution in [0, 0.1) is 24.7 Å². The number of halogens is 26. The Bertz CT molecular complexity index is 1560. The van der Waals surface area contributed by atoms with Crippen molar-refractivity contribution < 1.29 is 128 Å². The van der Waals surface area contributed by atoms with Gasteiger partial charge in [0.05, 0.1) is 18.8 Å². The molecule has 0 aromatic heterocycles. The van der Waals surface area contributed by atoms with Gasteiger partial charge >= 0.3 is 71.6 Å². The summed E-state index contributed by atoms with van der Waals surface area (Å²) in [4.78, 5) is 12.8. The molecule has 1 atom stereocenters. The summed E-state index contributed by atoms with van der Waals surface area (Å²) in [6.07, 6.45) is -12.8. The average molecular weight is 1020 g/mol. The summed E-state index contributed by atoms with van der Waals surface area (Å²) in [5.41, 5.74) is -1.55. The van der Waals surface area contributed by atoms with Crippen LogP contribution in [0.25, 0.3) is 0 Å². The molecule has 1 N–H and O–H groups in total. The molecular formula is C31H29F26NO3S2. The lowest BCUT2D eigenvalue weighted by atomic mass is 9.93. The minimum atomic E-state index is -8.25. The van der Waals surface area contributed by atoms with Gasteiger partial charge in [-0.15, -0.1) is 12.8 Å². The molecular weight excluding hydrogens is 992 g/mol. The van der Waals surface area contributed by atoms with E-state index in [9.17, 15) is 119 Å². The molecule has 4 nitrogen and oxygen atoms in total. The van der Waals surface area contributed by atoms with E-state index in [-0.39, 0.29) is 36.7 Å². The van der Waals surface area contributed by atoms with E-state index >= 15 is 0 Å². The highest BCUT2D eigenvalue weighted by molar-refractivity contribution is 8.03. The first-order chi connectivity index (χ1) is 27.8. The van der Waals surface area contributed by atoms with Gasteiger partial charge in [-0.1, -0.05) is 11.8 Å². The van der Waals surface area contributed by atoms with Crippen LogP contribution in [-0.2, 0) is 14.3 Å². The van der Waals surface area contributed by atoms with Gasteiger partial charge < -0.3 is 14.8 Å². The van der Waals surface area contributed by atoms with Crippen molar-refractivity contribution in [1.29, 1.82) is 0 Å². The lowest BCUT2D eigenvalue weighted by Crippen LogP contribution is -2.70. The van der Waals surface area contributed by atoms with Crippen molar-refractivity contribution in [2.45, 2.75) is 115 Å². The molecule has 0 rings (SSSR count). The van der Waals surface area contributed by atoms with Crippen molar-refractivity contribution in [2.24, 2.45) is 0 Å². The van der Waals surface area contributed by atoms with E-state index < -0.39 is 144 Å². The van der Waals surface area contributed by atoms with Crippen molar-refractivity contribution in [3.05, 3.63) is 0 Å². The fraction of sp³-hybridized carbons (Fsp3) is 0.839. The maximum absolute atomic E-state index is 14.4. The number of rotatable bonds is 27. The van der Waals surface area contributed by atoms with Crippen molar-refractivity contribution >= 4 is 29.4 Å². The Morgan fingerprint density at radius 3 is 1.21 bits per heavy atom. The molecule has 0 fully saturated rings. The normalized spacial score (nSPS) is 15.5. The third-order valence-electron chi connectivity index (χ3n) is 7.98. The quantitative estimate of drug-likeness (QED) is 0.0505. The fourth-order valence-corrected chi connectivity index (χ4v) is 7.04. The second-order valence-electron chi connectivity index (χ2n) is 13.1. The number of ether oxygens (including phenoxy) is 2.